The third-order valence-corrected chi connectivity index (χ3v) is 3.14. The fourth-order valence-corrected chi connectivity index (χ4v) is 2.21. The second kappa shape index (κ2) is 4.40. The molecular formula is C11H13N3S. The van der Waals surface area contributed by atoms with Crippen LogP contribution >= 0.6 is 11.8 Å². The molecule has 15 heavy (non-hydrogen) atoms. The fourth-order valence-electron chi connectivity index (χ4n) is 1.28. The van der Waals surface area contributed by atoms with Gasteiger partial charge < -0.3 is 5.73 Å². The molecule has 0 spiro atoms. The molecule has 0 saturated carbocycles. The molecular weight excluding hydrogens is 206 g/mol. The van der Waals surface area contributed by atoms with E-state index >= 15 is 0 Å². The minimum Gasteiger partial charge on any atom is -0.398 e. The molecule has 0 aliphatic rings. The standard InChI is InChI=1S/C11H13N3S/c1-9-3-4-10(12)11(7-9)15-8-14-6-2-5-13-14/h2-7H,8,12H2,1H3. The van der Waals surface area contributed by atoms with Crippen molar-refractivity contribution in [3.8, 4) is 0 Å². The number of thioether (sulfide) groups is 1. The summed E-state index contributed by atoms with van der Waals surface area (Å²) in [6.07, 6.45) is 3.72. The number of nitrogens with two attached hydrogens (primary N) is 1. The van der Waals surface area contributed by atoms with E-state index in [-0.39, 0.29) is 0 Å². The van der Waals surface area contributed by atoms with Gasteiger partial charge in [0, 0.05) is 23.0 Å². The Morgan fingerprint density at radius 2 is 2.33 bits per heavy atom. The van der Waals surface area contributed by atoms with E-state index in [1.165, 1.54) is 5.56 Å². The summed E-state index contributed by atoms with van der Waals surface area (Å²) in [5.74, 6) is 0.792. The lowest BCUT2D eigenvalue weighted by molar-refractivity contribution is 0.751. The maximum absolute atomic E-state index is 5.88. The van der Waals surface area contributed by atoms with E-state index in [0.29, 0.717) is 0 Å². The number of rotatable bonds is 3. The molecule has 1 aromatic carbocycles. The molecule has 0 amide bonds. The highest BCUT2D eigenvalue weighted by molar-refractivity contribution is 7.98. The van der Waals surface area contributed by atoms with E-state index in [9.17, 15) is 0 Å². The highest BCUT2D eigenvalue weighted by Crippen LogP contribution is 2.26. The van der Waals surface area contributed by atoms with Crippen molar-refractivity contribution >= 4 is 17.4 Å². The first-order valence-electron chi connectivity index (χ1n) is 4.72. The summed E-state index contributed by atoms with van der Waals surface area (Å²) < 4.78 is 1.88. The topological polar surface area (TPSA) is 43.8 Å². The fraction of sp³-hybridized carbons (Fsp3) is 0.182. The van der Waals surface area contributed by atoms with Crippen molar-refractivity contribution in [2.45, 2.75) is 17.7 Å². The van der Waals surface area contributed by atoms with Crippen molar-refractivity contribution in [3.63, 3.8) is 0 Å². The molecule has 0 fully saturated rings. The van der Waals surface area contributed by atoms with Crippen LogP contribution in [0, 0.1) is 6.92 Å². The van der Waals surface area contributed by atoms with Crippen LogP contribution in [0.15, 0.2) is 41.6 Å². The van der Waals surface area contributed by atoms with E-state index in [1.807, 2.05) is 29.1 Å². The average Bonchev–Trinajstić information content (AvgIpc) is 2.72. The lowest BCUT2D eigenvalue weighted by Gasteiger charge is -2.06. The molecule has 2 rings (SSSR count). The highest BCUT2D eigenvalue weighted by Gasteiger charge is 2.00. The van der Waals surface area contributed by atoms with E-state index in [0.717, 1.165) is 16.5 Å². The second-order valence-electron chi connectivity index (χ2n) is 3.36. The Hall–Kier alpha value is -1.42. The zero-order valence-corrected chi connectivity index (χ0v) is 9.37. The third kappa shape index (κ3) is 2.53. The molecule has 0 aliphatic carbocycles. The average molecular weight is 219 g/mol. The largest absolute Gasteiger partial charge is 0.398 e. The summed E-state index contributed by atoms with van der Waals surface area (Å²) in [4.78, 5) is 1.12. The molecule has 0 radical (unpaired) electrons. The summed E-state index contributed by atoms with van der Waals surface area (Å²) >= 11 is 1.69. The molecule has 0 atom stereocenters. The van der Waals surface area contributed by atoms with Crippen molar-refractivity contribution in [1.29, 1.82) is 0 Å². The van der Waals surface area contributed by atoms with Crippen molar-refractivity contribution < 1.29 is 0 Å². The highest BCUT2D eigenvalue weighted by atomic mass is 32.2. The normalized spacial score (nSPS) is 10.5. The van der Waals surface area contributed by atoms with Crippen LogP contribution in [-0.4, -0.2) is 9.78 Å². The molecule has 78 valence electrons. The second-order valence-corrected chi connectivity index (χ2v) is 4.35. The van der Waals surface area contributed by atoms with Gasteiger partial charge in [0.05, 0.1) is 5.88 Å². The Labute approximate surface area is 93.3 Å². The Bertz CT molecular complexity index is 437. The molecule has 2 aromatic rings. The van der Waals surface area contributed by atoms with Crippen LogP contribution < -0.4 is 5.73 Å². The van der Waals surface area contributed by atoms with Crippen LogP contribution in [0.5, 0.6) is 0 Å². The van der Waals surface area contributed by atoms with Gasteiger partial charge in [-0.1, -0.05) is 6.07 Å². The van der Waals surface area contributed by atoms with Gasteiger partial charge >= 0.3 is 0 Å². The molecule has 3 nitrogen and oxygen atoms in total. The predicted octanol–water partition coefficient (Wildman–Crippen LogP) is 2.52. The zero-order valence-electron chi connectivity index (χ0n) is 8.55. The number of benzene rings is 1. The number of hydrogen-bond donors (Lipinski definition) is 1. The van der Waals surface area contributed by atoms with E-state index in [2.05, 4.69) is 18.1 Å². The van der Waals surface area contributed by atoms with E-state index in [4.69, 9.17) is 5.73 Å². The van der Waals surface area contributed by atoms with Crippen LogP contribution in [-0.2, 0) is 5.88 Å². The summed E-state index contributed by atoms with van der Waals surface area (Å²) in [6.45, 7) is 2.07. The van der Waals surface area contributed by atoms with Crippen molar-refractivity contribution in [2.24, 2.45) is 0 Å². The van der Waals surface area contributed by atoms with Crippen LogP contribution in [0.4, 0.5) is 5.69 Å². The first-order valence-corrected chi connectivity index (χ1v) is 5.70. The van der Waals surface area contributed by atoms with Gasteiger partial charge in [0.15, 0.2) is 0 Å². The predicted molar refractivity (Wildman–Crippen MR) is 63.7 cm³/mol. The van der Waals surface area contributed by atoms with Gasteiger partial charge in [-0.2, -0.15) is 5.10 Å². The Morgan fingerprint density at radius 3 is 3.07 bits per heavy atom. The number of aromatic nitrogens is 2. The first-order chi connectivity index (χ1) is 7.25. The smallest absolute Gasteiger partial charge is 0.0910 e. The SMILES string of the molecule is Cc1ccc(N)c(SCn2cccn2)c1. The molecule has 0 saturated heterocycles. The van der Waals surface area contributed by atoms with E-state index < -0.39 is 0 Å². The van der Waals surface area contributed by atoms with Crippen molar-refractivity contribution in [1.82, 2.24) is 9.78 Å². The first kappa shape index (κ1) is 10.1. The van der Waals surface area contributed by atoms with Crippen molar-refractivity contribution in [3.05, 3.63) is 42.2 Å². The number of nitrogen functional groups attached to an aromatic ring is 1. The third-order valence-electron chi connectivity index (χ3n) is 2.08. The van der Waals surface area contributed by atoms with Gasteiger partial charge in [-0.3, -0.25) is 4.68 Å². The van der Waals surface area contributed by atoms with Gasteiger partial charge in [-0.25, -0.2) is 0 Å². The minimum absolute atomic E-state index is 0.792. The van der Waals surface area contributed by atoms with E-state index in [1.54, 1.807) is 18.0 Å². The van der Waals surface area contributed by atoms with Gasteiger partial charge in [0.25, 0.3) is 0 Å². The van der Waals surface area contributed by atoms with Crippen LogP contribution in [0.1, 0.15) is 5.56 Å². The molecule has 2 N–H and O–H groups in total. The molecule has 1 heterocycles. The molecule has 1 aromatic heterocycles. The zero-order chi connectivity index (χ0) is 10.7. The minimum atomic E-state index is 0.792. The van der Waals surface area contributed by atoms with Gasteiger partial charge in [0.1, 0.15) is 0 Å². The molecule has 0 unspecified atom stereocenters. The quantitative estimate of drug-likeness (QED) is 0.637. The van der Waals surface area contributed by atoms with Crippen LogP contribution in [0.25, 0.3) is 0 Å². The van der Waals surface area contributed by atoms with Gasteiger partial charge in [-0.15, -0.1) is 11.8 Å². The summed E-state index contributed by atoms with van der Waals surface area (Å²) in [7, 11) is 0. The number of nitrogens with zero attached hydrogens (tertiary/aromatic N) is 2. The molecule has 0 bridgehead atoms. The number of hydrogen-bond acceptors (Lipinski definition) is 3. The summed E-state index contributed by atoms with van der Waals surface area (Å²) in [5.41, 5.74) is 7.94. The lowest BCUT2D eigenvalue weighted by atomic mass is 10.2. The lowest BCUT2D eigenvalue weighted by Crippen LogP contribution is -1.95. The maximum atomic E-state index is 5.88. The van der Waals surface area contributed by atoms with Crippen LogP contribution in [0.3, 0.4) is 0 Å². The molecule has 4 heteroatoms. The van der Waals surface area contributed by atoms with Gasteiger partial charge in [0.2, 0.25) is 0 Å². The van der Waals surface area contributed by atoms with Gasteiger partial charge in [-0.05, 0) is 30.7 Å². The Kier molecular flexibility index (Phi) is 2.97. The number of anilines is 1. The Morgan fingerprint density at radius 1 is 1.47 bits per heavy atom. The number of aryl methyl sites for hydroxylation is 1. The van der Waals surface area contributed by atoms with Crippen LogP contribution in [0.2, 0.25) is 0 Å². The summed E-state index contributed by atoms with van der Waals surface area (Å²) in [6, 6.07) is 7.98. The molecule has 0 aliphatic heterocycles. The Balaban J connectivity index is 2.07. The van der Waals surface area contributed by atoms with Crippen molar-refractivity contribution in [2.75, 3.05) is 5.73 Å². The maximum Gasteiger partial charge on any atom is 0.0910 e. The monoisotopic (exact) mass is 219 g/mol. The summed E-state index contributed by atoms with van der Waals surface area (Å²) in [5, 5.41) is 4.14.